The molecule has 2 aromatic heterocycles. The number of aryl methyl sites for hydroxylation is 1. The van der Waals surface area contributed by atoms with Crippen LogP contribution in [0.1, 0.15) is 12.1 Å². The molecule has 7 heteroatoms. The van der Waals surface area contributed by atoms with Crippen LogP contribution in [0.4, 0.5) is 5.69 Å². The van der Waals surface area contributed by atoms with Crippen LogP contribution in [0.2, 0.25) is 5.02 Å². The number of ether oxygens (including phenoxy) is 1. The van der Waals surface area contributed by atoms with Gasteiger partial charge in [0.05, 0.1) is 41.8 Å². The van der Waals surface area contributed by atoms with E-state index in [0.29, 0.717) is 5.02 Å². The van der Waals surface area contributed by atoms with E-state index in [1.54, 1.807) is 13.3 Å². The van der Waals surface area contributed by atoms with Gasteiger partial charge in [0.1, 0.15) is 5.75 Å². The van der Waals surface area contributed by atoms with Crippen molar-refractivity contribution in [2.24, 2.45) is 0 Å². The number of halogens is 1. The molecule has 0 spiro atoms. The minimum Gasteiger partial charge on any atom is -0.497 e. The summed E-state index contributed by atoms with van der Waals surface area (Å²) in [6.45, 7) is 2.50. The highest BCUT2D eigenvalue weighted by Gasteiger charge is 2.20. The predicted molar refractivity (Wildman–Crippen MR) is 89.0 cm³/mol. The zero-order chi connectivity index (χ0) is 15.8. The highest BCUT2D eigenvalue weighted by molar-refractivity contribution is 6.34. The maximum Gasteiger partial charge on any atom is 0.119 e. The summed E-state index contributed by atoms with van der Waals surface area (Å²) >= 11 is 6.50. The van der Waals surface area contributed by atoms with Crippen molar-refractivity contribution in [1.82, 2.24) is 20.0 Å². The van der Waals surface area contributed by atoms with E-state index in [1.165, 1.54) is 0 Å². The molecule has 0 atom stereocenters. The molecule has 0 aliphatic carbocycles. The van der Waals surface area contributed by atoms with Crippen molar-refractivity contribution in [2.75, 3.05) is 18.6 Å². The molecule has 0 N–H and O–H groups in total. The molecule has 0 unspecified atom stereocenters. The summed E-state index contributed by atoms with van der Waals surface area (Å²) in [6.07, 6.45) is 4.52. The average Bonchev–Trinajstić information content (AvgIpc) is 2.91. The maximum atomic E-state index is 6.50. The Bertz CT molecular complexity index is 863. The Morgan fingerprint density at radius 1 is 1.22 bits per heavy atom. The first-order valence-corrected chi connectivity index (χ1v) is 7.88. The molecule has 1 aromatic carbocycles. The molecular weight excluding hydrogens is 314 g/mol. The third-order valence-corrected chi connectivity index (χ3v) is 4.44. The summed E-state index contributed by atoms with van der Waals surface area (Å²) in [5, 5.41) is 9.78. The monoisotopic (exact) mass is 329 g/mol. The summed E-state index contributed by atoms with van der Waals surface area (Å²) in [5.41, 5.74) is 2.98. The number of benzene rings is 1. The van der Waals surface area contributed by atoms with Gasteiger partial charge in [-0.05, 0) is 24.6 Å². The van der Waals surface area contributed by atoms with Crippen LogP contribution in [-0.2, 0) is 13.1 Å². The first-order chi connectivity index (χ1) is 11.3. The third kappa shape index (κ3) is 2.49. The molecule has 6 nitrogen and oxygen atoms in total. The fourth-order valence-corrected chi connectivity index (χ4v) is 3.32. The van der Waals surface area contributed by atoms with Crippen molar-refractivity contribution >= 4 is 28.2 Å². The van der Waals surface area contributed by atoms with Crippen LogP contribution in [0, 0.1) is 0 Å². The molecule has 118 valence electrons. The number of rotatable bonds is 2. The smallest absolute Gasteiger partial charge is 0.119 e. The average molecular weight is 330 g/mol. The van der Waals surface area contributed by atoms with Crippen LogP contribution >= 0.6 is 11.6 Å². The van der Waals surface area contributed by atoms with Crippen molar-refractivity contribution < 1.29 is 4.74 Å². The topological polar surface area (TPSA) is 56.1 Å². The Labute approximate surface area is 138 Å². The number of pyridine rings is 1. The molecule has 1 aliphatic rings. The zero-order valence-electron chi connectivity index (χ0n) is 12.7. The van der Waals surface area contributed by atoms with Crippen molar-refractivity contribution in [1.29, 1.82) is 0 Å². The lowest BCUT2D eigenvalue weighted by Crippen LogP contribution is -2.23. The molecule has 1 aliphatic heterocycles. The summed E-state index contributed by atoms with van der Waals surface area (Å²) in [6, 6.07) is 5.86. The Kier molecular flexibility index (Phi) is 3.53. The first kappa shape index (κ1) is 14.3. The van der Waals surface area contributed by atoms with E-state index in [-0.39, 0.29) is 0 Å². The third-order valence-electron chi connectivity index (χ3n) is 4.17. The molecule has 0 fully saturated rings. The first-order valence-electron chi connectivity index (χ1n) is 7.51. The molecule has 0 bridgehead atoms. The molecule has 3 aromatic rings. The Balaban J connectivity index is 1.85. The molecule has 0 saturated carbocycles. The second kappa shape index (κ2) is 5.70. The lowest BCUT2D eigenvalue weighted by atomic mass is 10.1. The number of nitrogens with zero attached hydrogens (tertiary/aromatic N) is 5. The Hall–Kier alpha value is -2.34. The van der Waals surface area contributed by atoms with Gasteiger partial charge in [0.15, 0.2) is 0 Å². The van der Waals surface area contributed by atoms with Crippen molar-refractivity contribution in [3.63, 3.8) is 0 Å². The Morgan fingerprint density at radius 2 is 2.13 bits per heavy atom. The van der Waals surface area contributed by atoms with Crippen LogP contribution in [0.15, 0.2) is 30.6 Å². The van der Waals surface area contributed by atoms with E-state index >= 15 is 0 Å². The number of hydrogen-bond donors (Lipinski definition) is 0. The fourth-order valence-electron chi connectivity index (χ4n) is 3.05. The second-order valence-electron chi connectivity index (χ2n) is 5.56. The summed E-state index contributed by atoms with van der Waals surface area (Å²) in [4.78, 5) is 6.70. The van der Waals surface area contributed by atoms with Gasteiger partial charge >= 0.3 is 0 Å². The van der Waals surface area contributed by atoms with Gasteiger partial charge in [0.2, 0.25) is 0 Å². The highest BCUT2D eigenvalue weighted by atomic mass is 35.5. The summed E-state index contributed by atoms with van der Waals surface area (Å²) in [5.74, 6) is 0.796. The minimum atomic E-state index is 0.645. The fraction of sp³-hybridized carbons (Fsp3) is 0.312. The van der Waals surface area contributed by atoms with Crippen LogP contribution in [0.5, 0.6) is 5.75 Å². The molecule has 3 heterocycles. The number of hydrogen-bond acceptors (Lipinski definition) is 5. The SMILES string of the molecule is COc1ccc2ncc(Cl)c(N3CCCn4nncc4C3)c2c1. The Morgan fingerprint density at radius 3 is 3.00 bits per heavy atom. The van der Waals surface area contributed by atoms with Crippen LogP contribution in [0.3, 0.4) is 0 Å². The van der Waals surface area contributed by atoms with Crippen molar-refractivity contribution in [3.05, 3.63) is 41.3 Å². The minimum absolute atomic E-state index is 0.645. The lowest BCUT2D eigenvalue weighted by molar-refractivity contribution is 0.415. The van der Waals surface area contributed by atoms with E-state index < -0.39 is 0 Å². The molecule has 0 radical (unpaired) electrons. The second-order valence-corrected chi connectivity index (χ2v) is 5.97. The van der Waals surface area contributed by atoms with Gasteiger partial charge in [-0.25, -0.2) is 4.68 Å². The van der Waals surface area contributed by atoms with E-state index in [1.807, 2.05) is 29.1 Å². The zero-order valence-corrected chi connectivity index (χ0v) is 13.5. The number of anilines is 1. The quantitative estimate of drug-likeness (QED) is 0.723. The highest BCUT2D eigenvalue weighted by Crippen LogP contribution is 2.36. The molecule has 0 saturated heterocycles. The standard InChI is InChI=1S/C16H16ClN5O/c1-23-12-3-4-15-13(7-12)16(14(17)9-18-15)21-5-2-6-22-11(10-21)8-19-20-22/h3-4,7-9H,2,5-6,10H2,1H3. The normalized spacial score (nSPS) is 14.6. The van der Waals surface area contributed by atoms with Crippen LogP contribution in [0.25, 0.3) is 10.9 Å². The van der Waals surface area contributed by atoms with Gasteiger partial charge in [-0.2, -0.15) is 0 Å². The number of fused-ring (bicyclic) bond motifs is 2. The molecule has 0 amide bonds. The predicted octanol–water partition coefficient (Wildman–Crippen LogP) is 2.90. The van der Waals surface area contributed by atoms with Gasteiger partial charge in [0.25, 0.3) is 0 Å². The van der Waals surface area contributed by atoms with Gasteiger partial charge in [-0.3, -0.25) is 4.98 Å². The largest absolute Gasteiger partial charge is 0.497 e. The van der Waals surface area contributed by atoms with Crippen LogP contribution < -0.4 is 9.64 Å². The van der Waals surface area contributed by atoms with E-state index in [4.69, 9.17) is 16.3 Å². The number of methoxy groups -OCH3 is 1. The van der Waals surface area contributed by atoms with Crippen molar-refractivity contribution in [2.45, 2.75) is 19.5 Å². The van der Waals surface area contributed by atoms with E-state index in [2.05, 4.69) is 20.2 Å². The van der Waals surface area contributed by atoms with Gasteiger partial charge < -0.3 is 9.64 Å². The number of aromatic nitrogens is 4. The molecule has 23 heavy (non-hydrogen) atoms. The lowest BCUT2D eigenvalue weighted by Gasteiger charge is -2.25. The molecule has 4 rings (SSSR count). The van der Waals surface area contributed by atoms with Crippen LogP contribution in [-0.4, -0.2) is 33.6 Å². The summed E-state index contributed by atoms with van der Waals surface area (Å²) in [7, 11) is 1.66. The molecular formula is C16H16ClN5O. The van der Waals surface area contributed by atoms with Gasteiger partial charge in [0, 0.05) is 24.7 Å². The maximum absolute atomic E-state index is 6.50. The van der Waals surface area contributed by atoms with Crippen molar-refractivity contribution in [3.8, 4) is 5.75 Å². The van der Waals surface area contributed by atoms with E-state index in [9.17, 15) is 0 Å². The van der Waals surface area contributed by atoms with Gasteiger partial charge in [-0.1, -0.05) is 16.8 Å². The summed E-state index contributed by atoms with van der Waals surface area (Å²) < 4.78 is 7.32. The van der Waals surface area contributed by atoms with Gasteiger partial charge in [-0.15, -0.1) is 5.10 Å². The van der Waals surface area contributed by atoms with E-state index in [0.717, 1.165) is 54.1 Å².